The van der Waals surface area contributed by atoms with Crippen LogP contribution in [0.25, 0.3) is 22.1 Å². The third kappa shape index (κ3) is 3.33. The second-order valence-electron chi connectivity index (χ2n) is 5.98. The van der Waals surface area contributed by atoms with Crippen LogP contribution in [0.15, 0.2) is 88.1 Å². The van der Waals surface area contributed by atoms with Gasteiger partial charge in [-0.2, -0.15) is 0 Å². The number of hydrogen-bond acceptors (Lipinski definition) is 3. The molecule has 0 aliphatic heterocycles. The van der Waals surface area contributed by atoms with Crippen molar-refractivity contribution in [1.29, 1.82) is 0 Å². The van der Waals surface area contributed by atoms with Crippen molar-refractivity contribution in [2.75, 3.05) is 7.11 Å². The molecule has 3 nitrogen and oxygen atoms in total. The van der Waals surface area contributed by atoms with Crippen molar-refractivity contribution in [3.05, 3.63) is 100 Å². The van der Waals surface area contributed by atoms with Gasteiger partial charge in [0.1, 0.15) is 11.3 Å². The first-order valence-corrected chi connectivity index (χ1v) is 8.53. The lowest BCUT2D eigenvalue weighted by molar-refractivity contribution is 0.415. The first-order valence-electron chi connectivity index (χ1n) is 8.53. The van der Waals surface area contributed by atoms with Crippen LogP contribution < -0.4 is 10.4 Å². The van der Waals surface area contributed by atoms with E-state index in [2.05, 4.69) is 11.8 Å². The smallest absolute Gasteiger partial charge is 0.345 e. The summed E-state index contributed by atoms with van der Waals surface area (Å²) in [7, 11) is 1.61. The van der Waals surface area contributed by atoms with E-state index < -0.39 is 5.63 Å². The van der Waals surface area contributed by atoms with Gasteiger partial charge in [-0.3, -0.25) is 0 Å². The van der Waals surface area contributed by atoms with E-state index in [4.69, 9.17) is 9.15 Å². The van der Waals surface area contributed by atoms with Crippen molar-refractivity contribution < 1.29 is 9.15 Å². The Labute approximate surface area is 156 Å². The zero-order chi connectivity index (χ0) is 18.6. The molecule has 27 heavy (non-hydrogen) atoms. The average molecular weight is 352 g/mol. The SMILES string of the molecule is COc1ccc(-c2c(C#Cc3ccccc3)c3ccccc3oc2=O)cc1. The minimum Gasteiger partial charge on any atom is -0.497 e. The summed E-state index contributed by atoms with van der Waals surface area (Å²) in [6.45, 7) is 0. The van der Waals surface area contributed by atoms with Crippen LogP contribution in [0.4, 0.5) is 0 Å². The van der Waals surface area contributed by atoms with E-state index in [1.54, 1.807) is 13.2 Å². The lowest BCUT2D eigenvalue weighted by Gasteiger charge is -2.08. The Morgan fingerprint density at radius 2 is 1.52 bits per heavy atom. The Kier molecular flexibility index (Phi) is 4.47. The van der Waals surface area contributed by atoms with Gasteiger partial charge in [0.2, 0.25) is 0 Å². The van der Waals surface area contributed by atoms with Crippen LogP contribution in [-0.2, 0) is 0 Å². The minimum atomic E-state index is -0.406. The summed E-state index contributed by atoms with van der Waals surface area (Å²) in [4.78, 5) is 12.8. The fourth-order valence-electron chi connectivity index (χ4n) is 2.96. The molecule has 0 amide bonds. The van der Waals surface area contributed by atoms with Crippen LogP contribution in [0.5, 0.6) is 5.75 Å². The molecule has 130 valence electrons. The Bertz CT molecular complexity index is 1210. The average Bonchev–Trinajstić information content (AvgIpc) is 2.72. The maximum atomic E-state index is 12.8. The molecule has 4 aromatic rings. The number of methoxy groups -OCH3 is 1. The monoisotopic (exact) mass is 352 g/mol. The summed E-state index contributed by atoms with van der Waals surface area (Å²) < 4.78 is 10.8. The number of hydrogen-bond donors (Lipinski definition) is 0. The molecule has 0 spiro atoms. The Balaban J connectivity index is 1.98. The summed E-state index contributed by atoms with van der Waals surface area (Å²) in [5.41, 5.74) is 2.87. The van der Waals surface area contributed by atoms with Gasteiger partial charge in [-0.15, -0.1) is 0 Å². The van der Waals surface area contributed by atoms with Gasteiger partial charge in [-0.05, 0) is 42.0 Å². The molecule has 0 unspecified atom stereocenters. The maximum Gasteiger partial charge on any atom is 0.345 e. The maximum absolute atomic E-state index is 12.8. The highest BCUT2D eigenvalue weighted by Gasteiger charge is 2.15. The quantitative estimate of drug-likeness (QED) is 0.382. The Morgan fingerprint density at radius 3 is 2.26 bits per heavy atom. The summed E-state index contributed by atoms with van der Waals surface area (Å²) >= 11 is 0. The zero-order valence-corrected chi connectivity index (χ0v) is 14.7. The van der Waals surface area contributed by atoms with Crippen molar-refractivity contribution >= 4 is 11.0 Å². The van der Waals surface area contributed by atoms with E-state index in [0.29, 0.717) is 16.7 Å². The molecule has 0 fully saturated rings. The molecule has 1 heterocycles. The van der Waals surface area contributed by atoms with E-state index in [9.17, 15) is 4.79 Å². The largest absolute Gasteiger partial charge is 0.497 e. The minimum absolute atomic E-state index is 0.406. The van der Waals surface area contributed by atoms with Gasteiger partial charge in [0.15, 0.2) is 0 Å². The standard InChI is InChI=1S/C24H16O3/c1-26-19-14-12-18(13-15-19)23-21(16-11-17-7-3-2-4-8-17)20-9-5-6-10-22(20)27-24(23)25/h2-10,12-15H,1H3. The topological polar surface area (TPSA) is 39.4 Å². The van der Waals surface area contributed by atoms with Gasteiger partial charge in [0.05, 0.1) is 18.2 Å². The third-order valence-corrected chi connectivity index (χ3v) is 4.30. The van der Waals surface area contributed by atoms with Crippen LogP contribution in [-0.4, -0.2) is 7.11 Å². The summed E-state index contributed by atoms with van der Waals surface area (Å²) in [5.74, 6) is 7.08. The van der Waals surface area contributed by atoms with Crippen molar-refractivity contribution in [3.8, 4) is 28.7 Å². The molecule has 0 aliphatic rings. The van der Waals surface area contributed by atoms with Crippen LogP contribution in [0, 0.1) is 11.8 Å². The molecule has 1 aromatic heterocycles. The van der Waals surface area contributed by atoms with Crippen LogP contribution in [0.1, 0.15) is 11.1 Å². The van der Waals surface area contributed by atoms with Crippen LogP contribution in [0.2, 0.25) is 0 Å². The highest BCUT2D eigenvalue weighted by molar-refractivity contribution is 5.90. The fourth-order valence-corrected chi connectivity index (χ4v) is 2.96. The molecule has 0 radical (unpaired) electrons. The van der Waals surface area contributed by atoms with Gasteiger partial charge in [-0.1, -0.05) is 54.3 Å². The first-order chi connectivity index (χ1) is 13.3. The Morgan fingerprint density at radius 1 is 0.815 bits per heavy atom. The fraction of sp³-hybridized carbons (Fsp3) is 0.0417. The molecule has 3 heteroatoms. The third-order valence-electron chi connectivity index (χ3n) is 4.30. The van der Waals surface area contributed by atoms with E-state index >= 15 is 0 Å². The molecule has 3 aromatic carbocycles. The van der Waals surface area contributed by atoms with Gasteiger partial charge in [0.25, 0.3) is 0 Å². The Hall–Kier alpha value is -3.77. The second kappa shape index (κ2) is 7.23. The number of ether oxygens (including phenoxy) is 1. The zero-order valence-electron chi connectivity index (χ0n) is 14.7. The van der Waals surface area contributed by atoms with Crippen LogP contribution >= 0.6 is 0 Å². The molecule has 0 N–H and O–H groups in total. The van der Waals surface area contributed by atoms with Gasteiger partial charge < -0.3 is 9.15 Å². The highest BCUT2D eigenvalue weighted by Crippen LogP contribution is 2.28. The second-order valence-corrected chi connectivity index (χ2v) is 5.98. The summed E-state index contributed by atoms with van der Waals surface area (Å²) in [6, 6.07) is 24.5. The van der Waals surface area contributed by atoms with Crippen molar-refractivity contribution in [1.82, 2.24) is 0 Å². The summed E-state index contributed by atoms with van der Waals surface area (Å²) in [5, 5.41) is 0.811. The van der Waals surface area contributed by atoms with Crippen molar-refractivity contribution in [3.63, 3.8) is 0 Å². The number of para-hydroxylation sites is 1. The normalized spacial score (nSPS) is 10.3. The molecule has 0 saturated carbocycles. The lowest BCUT2D eigenvalue weighted by Crippen LogP contribution is -2.06. The predicted molar refractivity (Wildman–Crippen MR) is 107 cm³/mol. The van der Waals surface area contributed by atoms with E-state index in [1.807, 2.05) is 72.8 Å². The lowest BCUT2D eigenvalue weighted by atomic mass is 9.98. The molecular formula is C24H16O3. The van der Waals surface area contributed by atoms with Gasteiger partial charge in [0, 0.05) is 10.9 Å². The van der Waals surface area contributed by atoms with E-state index in [1.165, 1.54) is 0 Å². The predicted octanol–water partition coefficient (Wildman–Crippen LogP) is 4.87. The molecule has 0 saturated heterocycles. The molecule has 0 atom stereocenters. The number of rotatable bonds is 2. The van der Waals surface area contributed by atoms with E-state index in [0.717, 1.165) is 22.3 Å². The number of benzene rings is 3. The van der Waals surface area contributed by atoms with Crippen molar-refractivity contribution in [2.45, 2.75) is 0 Å². The van der Waals surface area contributed by atoms with Crippen molar-refractivity contribution in [2.24, 2.45) is 0 Å². The number of fused-ring (bicyclic) bond motifs is 1. The summed E-state index contributed by atoms with van der Waals surface area (Å²) in [6.07, 6.45) is 0. The van der Waals surface area contributed by atoms with Gasteiger partial charge >= 0.3 is 5.63 Å². The molecule has 0 aliphatic carbocycles. The highest BCUT2D eigenvalue weighted by atomic mass is 16.5. The molecule has 4 rings (SSSR count). The van der Waals surface area contributed by atoms with Gasteiger partial charge in [-0.25, -0.2) is 4.79 Å². The van der Waals surface area contributed by atoms with E-state index in [-0.39, 0.29) is 0 Å². The molecular weight excluding hydrogens is 336 g/mol. The first kappa shape index (κ1) is 16.7. The van der Waals surface area contributed by atoms with Crippen LogP contribution in [0.3, 0.4) is 0 Å². The molecule has 0 bridgehead atoms.